The van der Waals surface area contributed by atoms with Crippen molar-refractivity contribution in [2.24, 2.45) is 0 Å². The zero-order chi connectivity index (χ0) is 26.6. The first-order valence-corrected chi connectivity index (χ1v) is 11.1. The molecule has 194 valence electrons. The van der Waals surface area contributed by atoms with Gasteiger partial charge in [-0.15, -0.1) is 5.10 Å². The van der Waals surface area contributed by atoms with Gasteiger partial charge in [-0.05, 0) is 30.2 Å². The summed E-state index contributed by atoms with van der Waals surface area (Å²) in [5, 5.41) is 21.2. The number of hydrogen-bond donors (Lipinski definition) is 3. The number of carbonyl (C=O) groups excluding carboxylic acids is 3. The number of imide groups is 1. The molecule has 1 atom stereocenters. The number of piperidine rings is 1. The van der Waals surface area contributed by atoms with Gasteiger partial charge in [0.05, 0.1) is 17.6 Å². The minimum Gasteiger partial charge on any atom is -0.475 e. The normalized spacial score (nSPS) is 17.6. The molecular weight excluding hydrogens is 485 g/mol. The first-order valence-electron chi connectivity index (χ1n) is 11.1. The number of alkyl halides is 3. The maximum Gasteiger partial charge on any atom is 0.490 e. The minimum absolute atomic E-state index is 0.180. The number of carbonyl (C=O) groups is 4. The molecule has 1 saturated heterocycles. The highest BCUT2D eigenvalue weighted by molar-refractivity contribution is 6.05. The lowest BCUT2D eigenvalue weighted by Crippen LogP contribution is -2.52. The summed E-state index contributed by atoms with van der Waals surface area (Å²) in [5.41, 5.74) is 3.13. The monoisotopic (exact) mass is 510 g/mol. The van der Waals surface area contributed by atoms with Gasteiger partial charge in [-0.1, -0.05) is 19.1 Å². The van der Waals surface area contributed by atoms with Crippen molar-refractivity contribution in [2.45, 2.75) is 57.9 Å². The molecular formula is C22H25F3N6O5. The highest BCUT2D eigenvalue weighted by Crippen LogP contribution is 2.29. The summed E-state index contributed by atoms with van der Waals surface area (Å²) in [7, 11) is 0. The fourth-order valence-electron chi connectivity index (χ4n) is 3.73. The Labute approximate surface area is 203 Å². The fraction of sp³-hybridized carbons (Fsp3) is 0.455. The van der Waals surface area contributed by atoms with E-state index in [1.807, 2.05) is 18.3 Å². The van der Waals surface area contributed by atoms with Crippen LogP contribution in [0.3, 0.4) is 0 Å². The molecule has 4 rings (SSSR count). The van der Waals surface area contributed by atoms with Crippen LogP contribution in [-0.4, -0.2) is 73.5 Å². The number of carboxylic acids is 1. The van der Waals surface area contributed by atoms with Crippen LogP contribution < -0.4 is 10.6 Å². The van der Waals surface area contributed by atoms with Crippen LogP contribution in [0.4, 0.5) is 13.2 Å². The van der Waals surface area contributed by atoms with Crippen molar-refractivity contribution >= 4 is 23.7 Å². The van der Waals surface area contributed by atoms with E-state index >= 15 is 0 Å². The van der Waals surface area contributed by atoms with E-state index in [4.69, 9.17) is 9.90 Å². The van der Waals surface area contributed by atoms with Gasteiger partial charge in [-0.3, -0.25) is 19.7 Å². The Morgan fingerprint density at radius 1 is 1.28 bits per heavy atom. The molecule has 0 radical (unpaired) electrons. The van der Waals surface area contributed by atoms with Gasteiger partial charge in [0, 0.05) is 37.5 Å². The molecule has 36 heavy (non-hydrogen) atoms. The number of fused-ring (bicyclic) bond motifs is 1. The quantitative estimate of drug-likeness (QED) is 0.492. The third kappa shape index (κ3) is 6.44. The van der Waals surface area contributed by atoms with Gasteiger partial charge < -0.3 is 15.3 Å². The molecule has 1 fully saturated rings. The number of amides is 3. The van der Waals surface area contributed by atoms with Crippen molar-refractivity contribution in [1.82, 2.24) is 30.5 Å². The molecule has 1 aromatic heterocycles. The largest absolute Gasteiger partial charge is 0.490 e. The standard InChI is InChI=1S/C20H24N6O3.C2HF3O2/c1-12(2)21-8-7-14-11-26(24-23-14)15-3-4-16-13(9-15)10-25(20(16)29)17-5-6-18(27)22-19(17)28;3-2(4,5)1(6)7/h3-4,9,11-12,17,21H,5-8,10H2,1-2H3,(H,22,27,28);(H,6,7). The molecule has 3 amide bonds. The first-order chi connectivity index (χ1) is 16.9. The molecule has 3 heterocycles. The third-order valence-electron chi connectivity index (χ3n) is 5.49. The Bertz CT molecular complexity index is 1160. The summed E-state index contributed by atoms with van der Waals surface area (Å²) in [6.07, 6.45) is -1.81. The molecule has 0 spiro atoms. The number of carboxylic acid groups (broad SMARTS) is 1. The number of rotatable bonds is 6. The predicted octanol–water partition coefficient (Wildman–Crippen LogP) is 1.20. The molecule has 2 aromatic rings. The van der Waals surface area contributed by atoms with Crippen LogP contribution in [0, 0.1) is 0 Å². The summed E-state index contributed by atoms with van der Waals surface area (Å²) >= 11 is 0. The molecule has 2 aliphatic heterocycles. The van der Waals surface area contributed by atoms with Crippen LogP contribution in [0.5, 0.6) is 0 Å². The number of nitrogens with zero attached hydrogens (tertiary/aromatic N) is 4. The second kappa shape index (κ2) is 10.8. The van der Waals surface area contributed by atoms with Gasteiger partial charge in [0.1, 0.15) is 6.04 Å². The van der Waals surface area contributed by atoms with E-state index in [1.165, 1.54) is 0 Å². The van der Waals surface area contributed by atoms with Crippen LogP contribution >= 0.6 is 0 Å². The van der Waals surface area contributed by atoms with E-state index < -0.39 is 24.1 Å². The maximum atomic E-state index is 12.8. The lowest BCUT2D eigenvalue weighted by Gasteiger charge is -2.29. The lowest BCUT2D eigenvalue weighted by molar-refractivity contribution is -0.192. The topological polar surface area (TPSA) is 147 Å². The number of hydrogen-bond acceptors (Lipinski definition) is 7. The number of halogens is 3. The smallest absolute Gasteiger partial charge is 0.475 e. The summed E-state index contributed by atoms with van der Waals surface area (Å²) in [6, 6.07) is 5.31. The molecule has 0 bridgehead atoms. The van der Waals surface area contributed by atoms with Gasteiger partial charge in [0.2, 0.25) is 11.8 Å². The molecule has 1 aromatic carbocycles. The van der Waals surface area contributed by atoms with Gasteiger partial charge in [0.25, 0.3) is 5.91 Å². The maximum absolute atomic E-state index is 12.8. The summed E-state index contributed by atoms with van der Waals surface area (Å²) in [4.78, 5) is 46.7. The fourth-order valence-corrected chi connectivity index (χ4v) is 3.73. The second-order valence-corrected chi connectivity index (χ2v) is 8.56. The summed E-state index contributed by atoms with van der Waals surface area (Å²) in [5.74, 6) is -3.63. The SMILES string of the molecule is CC(C)NCCc1cn(-c2ccc3c(c2)CN(C2CCC(=O)NC2=O)C3=O)nn1.O=C(O)C(F)(F)F. The Morgan fingerprint density at radius 2 is 1.97 bits per heavy atom. The highest BCUT2D eigenvalue weighted by Gasteiger charge is 2.39. The molecule has 2 aliphatic rings. The Balaban J connectivity index is 0.000000454. The van der Waals surface area contributed by atoms with Crippen molar-refractivity contribution < 1.29 is 37.5 Å². The van der Waals surface area contributed by atoms with Gasteiger partial charge in [-0.25, -0.2) is 9.48 Å². The first kappa shape index (κ1) is 26.8. The van der Waals surface area contributed by atoms with E-state index in [9.17, 15) is 27.6 Å². The molecule has 0 saturated carbocycles. The number of aromatic nitrogens is 3. The highest BCUT2D eigenvalue weighted by atomic mass is 19.4. The van der Waals surface area contributed by atoms with E-state index in [0.717, 1.165) is 29.9 Å². The van der Waals surface area contributed by atoms with Gasteiger partial charge >= 0.3 is 12.1 Å². The average Bonchev–Trinajstić information content (AvgIpc) is 3.38. The van der Waals surface area contributed by atoms with Crippen LogP contribution in [0.15, 0.2) is 24.4 Å². The third-order valence-corrected chi connectivity index (χ3v) is 5.49. The molecule has 1 unspecified atom stereocenters. The average molecular weight is 510 g/mol. The van der Waals surface area contributed by atoms with Crippen molar-refractivity contribution in [3.63, 3.8) is 0 Å². The Kier molecular flexibility index (Phi) is 8.07. The van der Waals surface area contributed by atoms with E-state index in [2.05, 4.69) is 34.8 Å². The Morgan fingerprint density at radius 3 is 2.58 bits per heavy atom. The van der Waals surface area contributed by atoms with Gasteiger partial charge in [-0.2, -0.15) is 13.2 Å². The van der Waals surface area contributed by atoms with Crippen LogP contribution in [-0.2, 0) is 27.3 Å². The molecule has 0 aliphatic carbocycles. The number of benzene rings is 1. The summed E-state index contributed by atoms with van der Waals surface area (Å²) < 4.78 is 33.4. The van der Waals surface area contributed by atoms with E-state index in [-0.39, 0.29) is 18.2 Å². The van der Waals surface area contributed by atoms with Gasteiger partial charge in [0.15, 0.2) is 0 Å². The zero-order valence-electron chi connectivity index (χ0n) is 19.5. The molecule has 14 heteroatoms. The van der Waals surface area contributed by atoms with Crippen LogP contribution in [0.25, 0.3) is 5.69 Å². The minimum atomic E-state index is -5.08. The lowest BCUT2D eigenvalue weighted by atomic mass is 10.0. The second-order valence-electron chi connectivity index (χ2n) is 8.56. The number of nitrogens with one attached hydrogen (secondary N) is 2. The van der Waals surface area contributed by atoms with Crippen molar-refractivity contribution in [3.8, 4) is 5.69 Å². The molecule has 11 nitrogen and oxygen atoms in total. The number of aliphatic carboxylic acids is 1. The van der Waals surface area contributed by atoms with Crippen molar-refractivity contribution in [1.29, 1.82) is 0 Å². The van der Waals surface area contributed by atoms with Crippen LogP contribution in [0.2, 0.25) is 0 Å². The zero-order valence-corrected chi connectivity index (χ0v) is 19.5. The van der Waals surface area contributed by atoms with Crippen molar-refractivity contribution in [2.75, 3.05) is 6.54 Å². The predicted molar refractivity (Wildman–Crippen MR) is 118 cm³/mol. The Hall–Kier alpha value is -3.81. The van der Waals surface area contributed by atoms with E-state index in [0.29, 0.717) is 24.6 Å². The van der Waals surface area contributed by atoms with Crippen LogP contribution in [0.1, 0.15) is 48.3 Å². The van der Waals surface area contributed by atoms with Crippen molar-refractivity contribution in [3.05, 3.63) is 41.2 Å². The molecule has 3 N–H and O–H groups in total. The summed E-state index contributed by atoms with van der Waals surface area (Å²) in [6.45, 7) is 5.37. The van der Waals surface area contributed by atoms with E-state index in [1.54, 1.807) is 15.6 Å².